The minimum atomic E-state index is -0.192. The van der Waals surface area contributed by atoms with Crippen LogP contribution in [-0.4, -0.2) is 30.2 Å². The molecular weight excluding hydrogens is 450 g/mol. The fraction of sp³-hybridized carbons (Fsp3) is 0.379. The zero-order valence-corrected chi connectivity index (χ0v) is 20.2. The molecule has 5 rings (SSSR count). The quantitative estimate of drug-likeness (QED) is 0.487. The topological polar surface area (TPSA) is 12.0 Å². The summed E-state index contributed by atoms with van der Waals surface area (Å²) in [6.07, 6.45) is 3.60. The largest absolute Gasteiger partial charge is 1.00 e. The van der Waals surface area contributed by atoms with Crippen LogP contribution in [-0.2, 0) is 13.1 Å². The van der Waals surface area contributed by atoms with Crippen LogP contribution in [0.15, 0.2) is 78.9 Å². The summed E-state index contributed by atoms with van der Waals surface area (Å²) in [5, 5.41) is 3.82. The summed E-state index contributed by atoms with van der Waals surface area (Å²) in [7, 11) is 0. The average Bonchev–Trinajstić information content (AvgIpc) is 3.62. The number of nitrogens with one attached hydrogen (secondary N) is 1. The summed E-state index contributed by atoms with van der Waals surface area (Å²) in [6, 6.07) is 25.3. The number of benzene rings is 3. The van der Waals surface area contributed by atoms with Gasteiger partial charge in [-0.2, -0.15) is 0 Å². The SMILES string of the molecule is Fc1ccc(C[N+]2(Cc3ccc(F)cc3)CCC(CNC3CC3c3ccccc3)CC2)cc1.[Cl-]. The van der Waals surface area contributed by atoms with Gasteiger partial charge in [-0.05, 0) is 48.7 Å². The van der Waals surface area contributed by atoms with Gasteiger partial charge in [0.1, 0.15) is 24.7 Å². The van der Waals surface area contributed by atoms with E-state index >= 15 is 0 Å². The van der Waals surface area contributed by atoms with Gasteiger partial charge in [0.25, 0.3) is 0 Å². The van der Waals surface area contributed by atoms with Crippen LogP contribution in [0.2, 0.25) is 0 Å². The highest BCUT2D eigenvalue weighted by Gasteiger charge is 2.39. The van der Waals surface area contributed by atoms with Crippen molar-refractivity contribution in [1.82, 2.24) is 5.32 Å². The van der Waals surface area contributed by atoms with Gasteiger partial charge in [0, 0.05) is 35.9 Å². The summed E-state index contributed by atoms with van der Waals surface area (Å²) in [6.45, 7) is 5.04. The van der Waals surface area contributed by atoms with Crippen molar-refractivity contribution in [2.24, 2.45) is 5.92 Å². The van der Waals surface area contributed by atoms with E-state index in [0.29, 0.717) is 17.9 Å². The lowest BCUT2D eigenvalue weighted by atomic mass is 9.93. The Balaban J connectivity index is 0.00000274. The minimum absolute atomic E-state index is 0. The van der Waals surface area contributed by atoms with Crippen LogP contribution in [0.4, 0.5) is 8.78 Å². The molecule has 0 radical (unpaired) electrons. The highest BCUT2D eigenvalue weighted by molar-refractivity contribution is 5.27. The Morgan fingerprint density at radius 3 is 1.79 bits per heavy atom. The van der Waals surface area contributed by atoms with Crippen molar-refractivity contribution >= 4 is 0 Å². The van der Waals surface area contributed by atoms with Crippen LogP contribution in [0, 0.1) is 17.6 Å². The Morgan fingerprint density at radius 2 is 1.26 bits per heavy atom. The molecule has 0 spiro atoms. The zero-order valence-electron chi connectivity index (χ0n) is 19.5. The monoisotopic (exact) mass is 482 g/mol. The Bertz CT molecular complexity index is 982. The molecule has 1 N–H and O–H groups in total. The maximum Gasteiger partial charge on any atom is 0.123 e. The first-order valence-corrected chi connectivity index (χ1v) is 12.2. The lowest BCUT2D eigenvalue weighted by Crippen LogP contribution is -3.00. The molecule has 2 nitrogen and oxygen atoms in total. The predicted molar refractivity (Wildman–Crippen MR) is 129 cm³/mol. The molecule has 1 heterocycles. The molecule has 0 amide bonds. The normalized spacial score (nSPS) is 21.6. The fourth-order valence-electron chi connectivity index (χ4n) is 5.51. The van der Waals surface area contributed by atoms with E-state index in [4.69, 9.17) is 0 Å². The van der Waals surface area contributed by atoms with Crippen LogP contribution >= 0.6 is 0 Å². The van der Waals surface area contributed by atoms with Crippen molar-refractivity contribution in [2.75, 3.05) is 19.6 Å². The summed E-state index contributed by atoms with van der Waals surface area (Å²) >= 11 is 0. The fourth-order valence-corrected chi connectivity index (χ4v) is 5.51. The maximum absolute atomic E-state index is 13.4. The highest BCUT2D eigenvalue weighted by atomic mass is 35.5. The van der Waals surface area contributed by atoms with Crippen LogP contribution in [0.3, 0.4) is 0 Å². The number of rotatable bonds is 8. The molecule has 2 unspecified atom stereocenters. The number of quaternary nitrogens is 1. The second-order valence-corrected chi connectivity index (χ2v) is 10.1. The van der Waals surface area contributed by atoms with Gasteiger partial charge in [-0.15, -0.1) is 0 Å². The third kappa shape index (κ3) is 6.24. The lowest BCUT2D eigenvalue weighted by molar-refractivity contribution is -0.958. The molecule has 1 saturated carbocycles. The van der Waals surface area contributed by atoms with Crippen molar-refractivity contribution < 1.29 is 25.7 Å². The van der Waals surface area contributed by atoms with E-state index in [-0.39, 0.29) is 24.0 Å². The first kappa shape index (κ1) is 24.8. The van der Waals surface area contributed by atoms with Gasteiger partial charge in [0.05, 0.1) is 13.1 Å². The predicted octanol–water partition coefficient (Wildman–Crippen LogP) is 3.04. The molecule has 2 fully saturated rings. The van der Waals surface area contributed by atoms with E-state index in [1.807, 2.05) is 24.3 Å². The third-order valence-electron chi connectivity index (χ3n) is 7.57. The summed E-state index contributed by atoms with van der Waals surface area (Å²) in [4.78, 5) is 0. The van der Waals surface area contributed by atoms with Gasteiger partial charge >= 0.3 is 0 Å². The van der Waals surface area contributed by atoms with Gasteiger partial charge in [-0.1, -0.05) is 54.6 Å². The molecule has 0 aromatic heterocycles. The Labute approximate surface area is 208 Å². The van der Waals surface area contributed by atoms with Crippen molar-refractivity contribution in [3.63, 3.8) is 0 Å². The molecule has 3 aromatic carbocycles. The Morgan fingerprint density at radius 1 is 0.735 bits per heavy atom. The van der Waals surface area contributed by atoms with Crippen LogP contribution in [0.25, 0.3) is 0 Å². The van der Waals surface area contributed by atoms with Crippen LogP contribution in [0.5, 0.6) is 0 Å². The van der Waals surface area contributed by atoms with E-state index in [9.17, 15) is 8.78 Å². The summed E-state index contributed by atoms with van der Waals surface area (Å²) in [5.41, 5.74) is 3.78. The van der Waals surface area contributed by atoms with Crippen LogP contribution in [0.1, 0.15) is 41.9 Å². The minimum Gasteiger partial charge on any atom is -1.00 e. The number of hydrogen-bond donors (Lipinski definition) is 1. The van der Waals surface area contributed by atoms with Crippen molar-refractivity contribution in [2.45, 2.75) is 44.3 Å². The standard InChI is InChI=1S/C29H33F2N2.ClH/c30-26-10-6-23(7-11-26)20-33(21-24-8-12-27(31)13-9-24)16-14-22(15-17-33)19-32-29-18-28(29)25-4-2-1-3-5-25;/h1-13,22,28-29,32H,14-21H2;1H/q+1;/p-1. The molecular formula is C29H33ClF2N2. The van der Waals surface area contributed by atoms with E-state index in [0.717, 1.165) is 37.2 Å². The van der Waals surface area contributed by atoms with Gasteiger partial charge in [0.15, 0.2) is 0 Å². The molecule has 34 heavy (non-hydrogen) atoms. The molecule has 1 aliphatic carbocycles. The van der Waals surface area contributed by atoms with Gasteiger partial charge < -0.3 is 22.2 Å². The van der Waals surface area contributed by atoms with E-state index in [1.54, 1.807) is 24.3 Å². The molecule has 1 aliphatic heterocycles. The zero-order chi connectivity index (χ0) is 22.7. The lowest BCUT2D eigenvalue weighted by Gasteiger charge is -2.44. The Kier molecular flexibility index (Phi) is 8.02. The molecule has 180 valence electrons. The van der Waals surface area contributed by atoms with Gasteiger partial charge in [0.2, 0.25) is 0 Å². The van der Waals surface area contributed by atoms with Gasteiger partial charge in [-0.25, -0.2) is 8.78 Å². The Hall–Kier alpha value is -2.27. The van der Waals surface area contributed by atoms with Gasteiger partial charge in [-0.3, -0.25) is 0 Å². The molecule has 1 saturated heterocycles. The van der Waals surface area contributed by atoms with Crippen LogP contribution < -0.4 is 17.7 Å². The number of hydrogen-bond acceptors (Lipinski definition) is 1. The number of nitrogens with zero attached hydrogens (tertiary/aromatic N) is 1. The second-order valence-electron chi connectivity index (χ2n) is 10.1. The molecule has 3 aromatic rings. The molecule has 2 atom stereocenters. The molecule has 2 aliphatic rings. The summed E-state index contributed by atoms with van der Waals surface area (Å²) < 4.78 is 27.8. The molecule has 5 heteroatoms. The summed E-state index contributed by atoms with van der Waals surface area (Å²) in [5.74, 6) is 0.973. The first-order chi connectivity index (χ1) is 16.1. The smallest absolute Gasteiger partial charge is 0.123 e. The van der Waals surface area contributed by atoms with Crippen molar-refractivity contribution in [3.8, 4) is 0 Å². The second kappa shape index (κ2) is 11.0. The average molecular weight is 483 g/mol. The van der Waals surface area contributed by atoms with Crippen molar-refractivity contribution in [3.05, 3.63) is 107 Å². The van der Waals surface area contributed by atoms with E-state index in [2.05, 4.69) is 35.6 Å². The number of likely N-dealkylation sites (tertiary alicyclic amines) is 1. The number of piperidine rings is 1. The van der Waals surface area contributed by atoms with E-state index in [1.165, 1.54) is 36.0 Å². The van der Waals surface area contributed by atoms with Crippen molar-refractivity contribution in [1.29, 1.82) is 0 Å². The first-order valence-electron chi connectivity index (χ1n) is 12.2. The molecule has 0 bridgehead atoms. The third-order valence-corrected chi connectivity index (χ3v) is 7.57. The van der Waals surface area contributed by atoms with E-state index < -0.39 is 0 Å². The maximum atomic E-state index is 13.4. The highest BCUT2D eigenvalue weighted by Crippen LogP contribution is 2.41. The number of halogens is 3.